The lowest BCUT2D eigenvalue weighted by Gasteiger charge is -2.11. The van der Waals surface area contributed by atoms with Gasteiger partial charge in [0, 0.05) is 16.6 Å². The summed E-state index contributed by atoms with van der Waals surface area (Å²) in [5.74, 6) is -0.0533. The van der Waals surface area contributed by atoms with E-state index in [0.29, 0.717) is 0 Å². The Kier molecular flexibility index (Phi) is 3.00. The molecule has 5 heteroatoms. The van der Waals surface area contributed by atoms with Crippen molar-refractivity contribution in [2.45, 2.75) is 18.8 Å². The van der Waals surface area contributed by atoms with E-state index in [0.717, 1.165) is 0 Å². The minimum atomic E-state index is -1.53. The zero-order chi connectivity index (χ0) is 9.90. The van der Waals surface area contributed by atoms with Crippen molar-refractivity contribution in [3.05, 3.63) is 24.3 Å². The second-order valence-corrected chi connectivity index (χ2v) is 3.80. The molecule has 1 heterocycles. The summed E-state index contributed by atoms with van der Waals surface area (Å²) in [5.41, 5.74) is 0. The quantitative estimate of drug-likeness (QED) is 0.575. The summed E-state index contributed by atoms with van der Waals surface area (Å²) in [6.45, 7) is 3.50. The van der Waals surface area contributed by atoms with Crippen LogP contribution in [0.3, 0.4) is 0 Å². The van der Waals surface area contributed by atoms with Crippen LogP contribution in [0.15, 0.2) is 18.5 Å². The number of nitrogens with zero attached hydrogens (tertiary/aromatic N) is 2. The molecule has 0 aliphatic rings. The molecule has 0 fully saturated rings. The molecule has 0 spiro atoms. The minimum absolute atomic E-state index is 0.114. The van der Waals surface area contributed by atoms with Crippen LogP contribution in [-0.2, 0) is 20.8 Å². The molecule has 4 nitrogen and oxygen atoms in total. The van der Waals surface area contributed by atoms with Crippen molar-refractivity contribution in [2.75, 3.05) is 0 Å². The molecule has 1 N–H and O–H groups in total. The Balaban J connectivity index is 3.10. The molecule has 0 radical (unpaired) electrons. The zero-order valence-corrected chi connectivity index (χ0v) is 8.28. The molecule has 1 rings (SSSR count). The number of aromatic nitrogens is 2. The Morgan fingerprint density at radius 1 is 1.46 bits per heavy atom. The maximum atomic E-state index is 10.8. The van der Waals surface area contributed by atoms with Crippen LogP contribution in [0, 0.1) is 5.92 Å². The van der Waals surface area contributed by atoms with Gasteiger partial charge in [0.25, 0.3) is 0 Å². The average Bonchev–Trinajstić information content (AvgIpc) is 2.17. The van der Waals surface area contributed by atoms with E-state index >= 15 is 0 Å². The van der Waals surface area contributed by atoms with Gasteiger partial charge in [-0.15, -0.1) is 0 Å². The molecule has 0 aliphatic carbocycles. The van der Waals surface area contributed by atoms with Crippen molar-refractivity contribution < 1.29 is 9.32 Å². The summed E-state index contributed by atoms with van der Waals surface area (Å²) < 4.78 is 10.8. The number of rotatable bonds is 3. The van der Waals surface area contributed by atoms with Crippen LogP contribution in [0.4, 0.5) is 0 Å². The fourth-order valence-electron chi connectivity index (χ4n) is 0.876. The first-order chi connectivity index (χ1) is 6.11. The van der Waals surface area contributed by atoms with Gasteiger partial charge >= 0.3 is 16.6 Å². The maximum Gasteiger partial charge on any atom is 0.506 e. The molecule has 0 saturated carbocycles. The van der Waals surface area contributed by atoms with Crippen molar-refractivity contribution in [1.82, 2.24) is 9.97 Å². The molecule has 1 aromatic heterocycles. The highest BCUT2D eigenvalue weighted by molar-refractivity contribution is 7.66. The first kappa shape index (κ1) is 10.1. The van der Waals surface area contributed by atoms with Gasteiger partial charge in [0.05, 0.1) is 5.92 Å². The van der Waals surface area contributed by atoms with E-state index in [2.05, 4.69) is 9.97 Å². The second kappa shape index (κ2) is 3.85. The van der Waals surface area contributed by atoms with Gasteiger partial charge in [-0.2, -0.15) is 0 Å². The molecular weight excluding hydrogens is 188 g/mol. The third-order valence-electron chi connectivity index (χ3n) is 1.80. The molecule has 70 valence electrons. The summed E-state index contributed by atoms with van der Waals surface area (Å²) >= 11 is 0.114. The first-order valence-electron chi connectivity index (χ1n) is 3.92. The Labute approximate surface area is 80.5 Å². The summed E-state index contributed by atoms with van der Waals surface area (Å²) in [6.07, 6.45) is 3.01. The lowest BCUT2D eigenvalue weighted by molar-refractivity contribution is 0.0738. The van der Waals surface area contributed by atoms with E-state index in [1.165, 1.54) is 12.4 Å². The van der Waals surface area contributed by atoms with Crippen LogP contribution in [-0.4, -0.2) is 15.1 Å². The van der Waals surface area contributed by atoms with Crippen LogP contribution in [0.1, 0.15) is 19.7 Å². The Hall–Kier alpha value is -0.940. The van der Waals surface area contributed by atoms with Crippen molar-refractivity contribution in [2.24, 2.45) is 5.92 Å². The molecule has 1 unspecified atom stereocenters. The van der Waals surface area contributed by atoms with E-state index in [1.54, 1.807) is 19.9 Å². The highest BCUT2D eigenvalue weighted by Crippen LogP contribution is 2.25. The van der Waals surface area contributed by atoms with Gasteiger partial charge in [0.1, 0.15) is 0 Å². The zero-order valence-electron chi connectivity index (χ0n) is 7.47. The van der Waals surface area contributed by atoms with Crippen molar-refractivity contribution in [1.29, 1.82) is 0 Å². The Morgan fingerprint density at radius 3 is 2.38 bits per heavy atom. The van der Waals surface area contributed by atoms with Crippen molar-refractivity contribution in [3.63, 3.8) is 0 Å². The van der Waals surface area contributed by atoms with Gasteiger partial charge in [-0.25, -0.2) is 9.97 Å². The molecule has 0 aromatic carbocycles. The van der Waals surface area contributed by atoms with Crippen LogP contribution >= 0.6 is 0 Å². The largest absolute Gasteiger partial charge is 0.506 e. The van der Waals surface area contributed by atoms with Crippen LogP contribution in [0.5, 0.6) is 0 Å². The van der Waals surface area contributed by atoms with E-state index in [4.69, 9.17) is 0 Å². The minimum Gasteiger partial charge on any atom is -0.330 e. The van der Waals surface area contributed by atoms with Crippen LogP contribution in [0.25, 0.3) is 0 Å². The molecule has 0 amide bonds. The van der Waals surface area contributed by atoms with Crippen LogP contribution < -0.4 is 0 Å². The third-order valence-corrected chi connectivity index (χ3v) is 2.70. The molecule has 1 aromatic rings. The summed E-state index contributed by atoms with van der Waals surface area (Å²) in [5, 5.41) is 9.89. The predicted molar refractivity (Wildman–Crippen MR) is 48.8 cm³/mol. The molecule has 0 saturated heterocycles. The average molecular weight is 199 g/mol. The number of hydrogen-bond donors (Lipinski definition) is 1. The number of aliphatic hydroxyl groups is 1. The van der Waals surface area contributed by atoms with Crippen LogP contribution in [0.2, 0.25) is 0 Å². The SMILES string of the molecule is CC(C)C(O)([S+]=O)c1ncccn1. The summed E-state index contributed by atoms with van der Waals surface area (Å²) in [6, 6.07) is 1.64. The monoisotopic (exact) mass is 199 g/mol. The lowest BCUT2D eigenvalue weighted by Crippen LogP contribution is -2.32. The molecule has 13 heavy (non-hydrogen) atoms. The first-order valence-corrected chi connectivity index (χ1v) is 4.66. The van der Waals surface area contributed by atoms with Crippen molar-refractivity contribution in [3.8, 4) is 0 Å². The van der Waals surface area contributed by atoms with Gasteiger partial charge in [0.2, 0.25) is 5.82 Å². The van der Waals surface area contributed by atoms with Gasteiger partial charge in [-0.3, -0.25) is 0 Å². The van der Waals surface area contributed by atoms with E-state index in [9.17, 15) is 9.32 Å². The van der Waals surface area contributed by atoms with Gasteiger partial charge < -0.3 is 5.11 Å². The van der Waals surface area contributed by atoms with Gasteiger partial charge in [-0.1, -0.05) is 13.8 Å². The maximum absolute atomic E-state index is 10.8. The fraction of sp³-hybridized carbons (Fsp3) is 0.500. The topological polar surface area (TPSA) is 63.1 Å². The van der Waals surface area contributed by atoms with Gasteiger partial charge in [-0.05, 0) is 6.07 Å². The summed E-state index contributed by atoms with van der Waals surface area (Å²) in [4.78, 5) is 6.20. The standard InChI is InChI=1S/C8H11N2O2S/c1-6(2)8(11,13-12)7-9-4-3-5-10-7/h3-6,11H,1-2H3/q+1. The molecule has 0 bridgehead atoms. The third kappa shape index (κ3) is 1.87. The fourth-order valence-corrected chi connectivity index (χ4v) is 1.25. The number of hydrogen-bond acceptors (Lipinski definition) is 4. The Bertz CT molecular complexity index is 291. The normalized spacial score (nSPS) is 15.4. The highest BCUT2D eigenvalue weighted by Gasteiger charge is 2.51. The van der Waals surface area contributed by atoms with E-state index in [-0.39, 0.29) is 23.4 Å². The predicted octanol–water partition coefficient (Wildman–Crippen LogP) is 0.706. The van der Waals surface area contributed by atoms with E-state index < -0.39 is 4.93 Å². The molecule has 0 aliphatic heterocycles. The smallest absolute Gasteiger partial charge is 0.330 e. The van der Waals surface area contributed by atoms with Gasteiger partial charge in [0.15, 0.2) is 0 Å². The molecule has 1 atom stereocenters. The highest BCUT2D eigenvalue weighted by atomic mass is 32.1. The van der Waals surface area contributed by atoms with Crippen molar-refractivity contribution >= 4 is 11.7 Å². The Morgan fingerprint density at radius 2 is 2.00 bits per heavy atom. The van der Waals surface area contributed by atoms with E-state index in [1.807, 2.05) is 0 Å². The molecular formula is C8H11N2O2S+. The lowest BCUT2D eigenvalue weighted by atomic mass is 10.1. The second-order valence-electron chi connectivity index (χ2n) is 3.01. The summed E-state index contributed by atoms with van der Waals surface area (Å²) in [7, 11) is 0.